The minimum Gasteiger partial charge on any atom is -0.480 e. The van der Waals surface area contributed by atoms with Crippen LogP contribution in [0.15, 0.2) is 24.3 Å². The molecule has 1 unspecified atom stereocenters. The predicted molar refractivity (Wildman–Crippen MR) is 75.8 cm³/mol. The first-order valence-corrected chi connectivity index (χ1v) is 7.22. The van der Waals surface area contributed by atoms with Crippen LogP contribution in [0.5, 0.6) is 0 Å². The molecule has 0 bridgehead atoms. The topological polar surface area (TPSA) is 92.4 Å². The number of carboxylic acids is 1. The van der Waals surface area contributed by atoms with Gasteiger partial charge in [-0.1, -0.05) is 12.1 Å². The maximum atomic E-state index is 12.7. The van der Waals surface area contributed by atoms with Crippen molar-refractivity contribution >= 4 is 23.6 Å². The lowest BCUT2D eigenvalue weighted by molar-refractivity contribution is -0.138. The van der Waals surface area contributed by atoms with E-state index in [1.165, 1.54) is 23.9 Å². The Bertz CT molecular complexity index is 453. The maximum absolute atomic E-state index is 12.7. The number of rotatable bonds is 8. The largest absolute Gasteiger partial charge is 0.480 e. The molecule has 1 aromatic rings. The summed E-state index contributed by atoms with van der Waals surface area (Å²) < 4.78 is 12.7. The van der Waals surface area contributed by atoms with Gasteiger partial charge in [0.1, 0.15) is 11.9 Å². The Morgan fingerprint density at radius 3 is 2.60 bits per heavy atom. The second-order valence-electron chi connectivity index (χ2n) is 4.19. The summed E-state index contributed by atoms with van der Waals surface area (Å²) in [6.07, 6.45) is 0.325. The SMILES string of the molecule is NC(CCSCC(=O)NCc1ccc(F)cc1)C(=O)O. The van der Waals surface area contributed by atoms with Crippen molar-refractivity contribution in [2.45, 2.75) is 19.0 Å². The molecule has 0 saturated heterocycles. The second-order valence-corrected chi connectivity index (χ2v) is 5.29. The average molecular weight is 300 g/mol. The molecule has 1 atom stereocenters. The number of carbonyl (C=O) groups is 2. The molecule has 0 aliphatic rings. The number of halogens is 1. The number of aliphatic carboxylic acids is 1. The van der Waals surface area contributed by atoms with Crippen LogP contribution in [-0.2, 0) is 16.1 Å². The molecule has 1 rings (SSSR count). The summed E-state index contributed by atoms with van der Waals surface area (Å²) in [7, 11) is 0. The fourth-order valence-corrected chi connectivity index (χ4v) is 2.20. The molecule has 1 amide bonds. The molecule has 0 radical (unpaired) electrons. The zero-order chi connectivity index (χ0) is 15.0. The highest BCUT2D eigenvalue weighted by Crippen LogP contribution is 2.05. The number of benzene rings is 1. The number of carboxylic acid groups (broad SMARTS) is 1. The smallest absolute Gasteiger partial charge is 0.320 e. The Hall–Kier alpha value is -1.60. The molecular weight excluding hydrogens is 283 g/mol. The number of hydrogen-bond donors (Lipinski definition) is 3. The molecule has 110 valence electrons. The van der Waals surface area contributed by atoms with E-state index < -0.39 is 12.0 Å². The molecule has 5 nitrogen and oxygen atoms in total. The van der Waals surface area contributed by atoms with E-state index in [9.17, 15) is 14.0 Å². The molecule has 20 heavy (non-hydrogen) atoms. The number of nitrogens with two attached hydrogens (primary N) is 1. The summed E-state index contributed by atoms with van der Waals surface area (Å²) in [5, 5.41) is 11.3. The van der Waals surface area contributed by atoms with E-state index in [1.807, 2.05) is 0 Å². The van der Waals surface area contributed by atoms with Gasteiger partial charge in [0, 0.05) is 6.54 Å². The number of nitrogens with one attached hydrogen (secondary N) is 1. The van der Waals surface area contributed by atoms with E-state index in [0.29, 0.717) is 18.7 Å². The Balaban J connectivity index is 2.14. The Labute approximate surface area is 120 Å². The van der Waals surface area contributed by atoms with Crippen molar-refractivity contribution in [1.82, 2.24) is 5.32 Å². The van der Waals surface area contributed by atoms with E-state index in [4.69, 9.17) is 10.8 Å². The zero-order valence-corrected chi connectivity index (χ0v) is 11.7. The zero-order valence-electron chi connectivity index (χ0n) is 10.8. The van der Waals surface area contributed by atoms with Crippen LogP contribution < -0.4 is 11.1 Å². The molecule has 0 saturated carbocycles. The van der Waals surface area contributed by atoms with E-state index >= 15 is 0 Å². The quantitative estimate of drug-likeness (QED) is 0.622. The van der Waals surface area contributed by atoms with Gasteiger partial charge < -0.3 is 16.2 Å². The lowest BCUT2D eigenvalue weighted by atomic mass is 10.2. The van der Waals surface area contributed by atoms with Gasteiger partial charge in [0.2, 0.25) is 5.91 Å². The molecule has 4 N–H and O–H groups in total. The molecule has 0 spiro atoms. The van der Waals surface area contributed by atoms with Gasteiger partial charge in [-0.25, -0.2) is 4.39 Å². The second kappa shape index (κ2) is 8.55. The average Bonchev–Trinajstić information content (AvgIpc) is 2.42. The standard InChI is InChI=1S/C13H17FN2O3S/c14-10-3-1-9(2-4-10)7-16-12(17)8-20-6-5-11(15)13(18)19/h1-4,11H,5-8,15H2,(H,16,17)(H,18,19). The molecule has 0 aliphatic carbocycles. The lowest BCUT2D eigenvalue weighted by Crippen LogP contribution is -2.31. The predicted octanol–water partition coefficient (Wildman–Crippen LogP) is 0.977. The molecule has 7 heteroatoms. The first-order valence-electron chi connectivity index (χ1n) is 6.06. The Kier molecular flexibility index (Phi) is 7.03. The van der Waals surface area contributed by atoms with Crippen molar-refractivity contribution in [2.75, 3.05) is 11.5 Å². The van der Waals surface area contributed by atoms with Crippen LogP contribution in [0.2, 0.25) is 0 Å². The van der Waals surface area contributed by atoms with Crippen LogP contribution in [0.3, 0.4) is 0 Å². The number of carbonyl (C=O) groups excluding carboxylic acids is 1. The number of hydrogen-bond acceptors (Lipinski definition) is 4. The summed E-state index contributed by atoms with van der Waals surface area (Å²) in [4.78, 5) is 22.0. The normalized spacial score (nSPS) is 11.9. The highest BCUT2D eigenvalue weighted by Gasteiger charge is 2.11. The van der Waals surface area contributed by atoms with Gasteiger partial charge >= 0.3 is 5.97 Å². The first-order chi connectivity index (χ1) is 9.49. The van der Waals surface area contributed by atoms with Crippen LogP contribution >= 0.6 is 11.8 Å². The van der Waals surface area contributed by atoms with E-state index in [2.05, 4.69) is 5.32 Å². The first kappa shape index (κ1) is 16.5. The van der Waals surface area contributed by atoms with Gasteiger partial charge in [0.15, 0.2) is 0 Å². The van der Waals surface area contributed by atoms with Crippen molar-refractivity contribution in [2.24, 2.45) is 5.73 Å². The number of thioether (sulfide) groups is 1. The number of amides is 1. The third kappa shape index (κ3) is 6.53. The summed E-state index contributed by atoms with van der Waals surface area (Å²) in [6.45, 7) is 0.342. The van der Waals surface area contributed by atoms with Gasteiger partial charge in [0.25, 0.3) is 0 Å². The van der Waals surface area contributed by atoms with Crippen LogP contribution in [0.4, 0.5) is 4.39 Å². The monoisotopic (exact) mass is 300 g/mol. The molecular formula is C13H17FN2O3S. The van der Waals surface area contributed by atoms with Crippen molar-refractivity contribution < 1.29 is 19.1 Å². The van der Waals surface area contributed by atoms with E-state index in [1.54, 1.807) is 12.1 Å². The summed E-state index contributed by atoms with van der Waals surface area (Å²) in [5.41, 5.74) is 6.15. The molecule has 0 aliphatic heterocycles. The summed E-state index contributed by atoms with van der Waals surface area (Å²) in [5.74, 6) is -0.745. The van der Waals surface area contributed by atoms with Gasteiger partial charge in [-0.15, -0.1) is 0 Å². The van der Waals surface area contributed by atoms with Crippen LogP contribution in [0.1, 0.15) is 12.0 Å². The third-order valence-corrected chi connectivity index (χ3v) is 3.52. The van der Waals surface area contributed by atoms with Gasteiger partial charge in [0.05, 0.1) is 5.75 Å². The Morgan fingerprint density at radius 2 is 2.00 bits per heavy atom. The van der Waals surface area contributed by atoms with Crippen LogP contribution in [-0.4, -0.2) is 34.5 Å². The fraction of sp³-hybridized carbons (Fsp3) is 0.385. The minimum absolute atomic E-state index is 0.150. The maximum Gasteiger partial charge on any atom is 0.320 e. The molecule has 0 heterocycles. The van der Waals surface area contributed by atoms with Crippen LogP contribution in [0, 0.1) is 5.82 Å². The van der Waals surface area contributed by atoms with Crippen LogP contribution in [0.25, 0.3) is 0 Å². The molecule has 0 aromatic heterocycles. The molecule has 1 aromatic carbocycles. The summed E-state index contributed by atoms with van der Waals surface area (Å²) >= 11 is 1.33. The highest BCUT2D eigenvalue weighted by atomic mass is 32.2. The van der Waals surface area contributed by atoms with Gasteiger partial charge in [-0.2, -0.15) is 11.8 Å². The van der Waals surface area contributed by atoms with E-state index in [-0.39, 0.29) is 17.5 Å². The van der Waals surface area contributed by atoms with Crippen molar-refractivity contribution in [1.29, 1.82) is 0 Å². The van der Waals surface area contributed by atoms with Gasteiger partial charge in [-0.05, 0) is 29.9 Å². The fourth-order valence-electron chi connectivity index (χ4n) is 1.35. The third-order valence-electron chi connectivity index (χ3n) is 2.53. The van der Waals surface area contributed by atoms with E-state index in [0.717, 1.165) is 5.56 Å². The van der Waals surface area contributed by atoms with Gasteiger partial charge in [-0.3, -0.25) is 9.59 Å². The lowest BCUT2D eigenvalue weighted by Gasteiger charge is -2.07. The summed E-state index contributed by atoms with van der Waals surface area (Å²) in [6, 6.07) is 5.00. The molecule has 0 fully saturated rings. The minimum atomic E-state index is -1.04. The highest BCUT2D eigenvalue weighted by molar-refractivity contribution is 7.99. The Morgan fingerprint density at radius 1 is 1.35 bits per heavy atom. The van der Waals surface area contributed by atoms with Crippen molar-refractivity contribution in [3.8, 4) is 0 Å². The van der Waals surface area contributed by atoms with Crippen molar-refractivity contribution in [3.63, 3.8) is 0 Å². The van der Waals surface area contributed by atoms with Crippen molar-refractivity contribution in [3.05, 3.63) is 35.6 Å².